The zero-order valence-corrected chi connectivity index (χ0v) is 17.7. The third kappa shape index (κ3) is 3.63. The van der Waals surface area contributed by atoms with Gasteiger partial charge in [0.25, 0.3) is 0 Å². The second-order valence-corrected chi connectivity index (χ2v) is 9.25. The molecule has 1 aliphatic carbocycles. The predicted octanol–water partition coefficient (Wildman–Crippen LogP) is 5.03. The number of hydrogen-bond donors (Lipinski definition) is 2. The lowest BCUT2D eigenvalue weighted by Gasteiger charge is -2.27. The van der Waals surface area contributed by atoms with Crippen LogP contribution in [0.15, 0.2) is 36.7 Å². The van der Waals surface area contributed by atoms with Crippen LogP contribution in [-0.2, 0) is 6.54 Å². The third-order valence-electron chi connectivity index (χ3n) is 6.08. The van der Waals surface area contributed by atoms with Crippen LogP contribution in [0.1, 0.15) is 42.4 Å². The molecule has 2 unspecified atom stereocenters. The van der Waals surface area contributed by atoms with Crippen molar-refractivity contribution in [3.63, 3.8) is 0 Å². The predicted molar refractivity (Wildman–Crippen MR) is 120 cm³/mol. The summed E-state index contributed by atoms with van der Waals surface area (Å²) in [4.78, 5) is 9.30. The van der Waals surface area contributed by atoms with E-state index in [1.165, 1.54) is 33.3 Å². The first-order valence-electron chi connectivity index (χ1n) is 10.3. The van der Waals surface area contributed by atoms with E-state index in [0.29, 0.717) is 0 Å². The van der Waals surface area contributed by atoms with Gasteiger partial charge in [0.2, 0.25) is 0 Å². The molecule has 1 saturated carbocycles. The fourth-order valence-electron chi connectivity index (χ4n) is 4.20. The highest BCUT2D eigenvalue weighted by Crippen LogP contribution is 2.30. The minimum atomic E-state index is -0.270. The molecule has 0 radical (unpaired) electrons. The van der Waals surface area contributed by atoms with Crippen LogP contribution < -0.4 is 5.32 Å². The fourth-order valence-corrected chi connectivity index (χ4v) is 5.19. The second-order valence-electron chi connectivity index (χ2n) is 8.22. The van der Waals surface area contributed by atoms with Gasteiger partial charge in [-0.2, -0.15) is 0 Å². The molecule has 1 aliphatic rings. The number of aromatic nitrogens is 3. The van der Waals surface area contributed by atoms with E-state index in [9.17, 15) is 5.11 Å². The molecule has 29 heavy (non-hydrogen) atoms. The van der Waals surface area contributed by atoms with Crippen LogP contribution in [0.5, 0.6) is 0 Å². The Kier molecular flexibility index (Phi) is 4.76. The number of benzene rings is 2. The van der Waals surface area contributed by atoms with Gasteiger partial charge in [0.15, 0.2) is 5.13 Å². The van der Waals surface area contributed by atoms with Gasteiger partial charge in [-0.3, -0.25) is 0 Å². The van der Waals surface area contributed by atoms with E-state index in [0.717, 1.165) is 42.0 Å². The summed E-state index contributed by atoms with van der Waals surface area (Å²) in [6.07, 6.45) is 5.83. The number of imidazole rings is 1. The Labute approximate surface area is 174 Å². The molecule has 2 N–H and O–H groups in total. The Balaban J connectivity index is 1.39. The first kappa shape index (κ1) is 18.6. The van der Waals surface area contributed by atoms with Gasteiger partial charge in [0.1, 0.15) is 0 Å². The lowest BCUT2D eigenvalue weighted by molar-refractivity contribution is 0.116. The minimum absolute atomic E-state index is 0.118. The summed E-state index contributed by atoms with van der Waals surface area (Å²) in [5, 5.41) is 14.6. The molecule has 1 fully saturated rings. The van der Waals surface area contributed by atoms with Gasteiger partial charge in [0.05, 0.1) is 39.7 Å². The number of aliphatic hydroxyl groups excluding tert-OH is 1. The number of nitrogens with zero attached hydrogens (tertiary/aromatic N) is 3. The maximum absolute atomic E-state index is 10.2. The van der Waals surface area contributed by atoms with Crippen molar-refractivity contribution in [3.8, 4) is 0 Å². The van der Waals surface area contributed by atoms with Gasteiger partial charge in [0, 0.05) is 6.54 Å². The van der Waals surface area contributed by atoms with Crippen LogP contribution in [0, 0.1) is 13.8 Å². The smallest absolute Gasteiger partial charge is 0.184 e. The molecule has 5 rings (SSSR count). The molecule has 2 aromatic heterocycles. The van der Waals surface area contributed by atoms with Crippen LogP contribution in [-0.4, -0.2) is 31.8 Å². The van der Waals surface area contributed by atoms with Crippen LogP contribution in [0.25, 0.3) is 21.3 Å². The molecule has 0 aliphatic heterocycles. The first-order chi connectivity index (χ1) is 14.1. The van der Waals surface area contributed by atoms with Gasteiger partial charge in [-0.15, -0.1) is 0 Å². The molecule has 0 saturated heterocycles. The Bertz CT molecular complexity index is 1180. The average molecular weight is 407 g/mol. The number of fused-ring (bicyclic) bond motifs is 2. The van der Waals surface area contributed by atoms with Crippen molar-refractivity contribution in [2.45, 2.75) is 58.2 Å². The number of aliphatic hydroxyl groups is 1. The summed E-state index contributed by atoms with van der Waals surface area (Å²) < 4.78 is 3.38. The maximum atomic E-state index is 10.2. The zero-order valence-electron chi connectivity index (χ0n) is 16.9. The summed E-state index contributed by atoms with van der Waals surface area (Å²) >= 11 is 1.67. The number of rotatable bonds is 4. The Morgan fingerprint density at radius 1 is 1.10 bits per heavy atom. The zero-order chi connectivity index (χ0) is 20.0. The van der Waals surface area contributed by atoms with Crippen molar-refractivity contribution in [3.05, 3.63) is 53.3 Å². The lowest BCUT2D eigenvalue weighted by Crippen LogP contribution is -2.36. The molecule has 2 atom stereocenters. The van der Waals surface area contributed by atoms with E-state index in [1.54, 1.807) is 11.3 Å². The van der Waals surface area contributed by atoms with Crippen molar-refractivity contribution in [1.82, 2.24) is 14.5 Å². The van der Waals surface area contributed by atoms with Crippen LogP contribution in [0.3, 0.4) is 0 Å². The fraction of sp³-hybridized carbons (Fsp3) is 0.391. The molecule has 2 aromatic carbocycles. The summed E-state index contributed by atoms with van der Waals surface area (Å²) in [5.41, 5.74) is 7.03. The first-order valence-corrected chi connectivity index (χ1v) is 11.1. The van der Waals surface area contributed by atoms with Crippen LogP contribution in [0.2, 0.25) is 0 Å². The summed E-state index contributed by atoms with van der Waals surface area (Å²) in [6.45, 7) is 5.06. The van der Waals surface area contributed by atoms with E-state index in [4.69, 9.17) is 4.98 Å². The SMILES string of the molecule is Cc1cc2ncn(Cc3ccc4nc(NC5CCCCC5O)sc4c3)c2cc1C. The molecular formula is C23H26N4OS. The number of anilines is 1. The Morgan fingerprint density at radius 3 is 2.79 bits per heavy atom. The molecule has 2 heterocycles. The lowest BCUT2D eigenvalue weighted by atomic mass is 9.93. The number of nitrogens with one attached hydrogen (secondary N) is 1. The monoisotopic (exact) mass is 406 g/mol. The van der Waals surface area contributed by atoms with E-state index < -0.39 is 0 Å². The quantitative estimate of drug-likeness (QED) is 0.499. The van der Waals surface area contributed by atoms with Crippen LogP contribution in [0.4, 0.5) is 5.13 Å². The van der Waals surface area contributed by atoms with E-state index in [-0.39, 0.29) is 12.1 Å². The highest BCUT2D eigenvalue weighted by Gasteiger charge is 2.23. The maximum Gasteiger partial charge on any atom is 0.184 e. The Hall–Kier alpha value is -2.44. The van der Waals surface area contributed by atoms with Crippen molar-refractivity contribution in [2.24, 2.45) is 0 Å². The number of hydrogen-bond acceptors (Lipinski definition) is 5. The van der Waals surface area contributed by atoms with E-state index >= 15 is 0 Å². The summed E-state index contributed by atoms with van der Waals surface area (Å²) in [7, 11) is 0. The summed E-state index contributed by atoms with van der Waals surface area (Å²) in [5.74, 6) is 0. The number of thiazole rings is 1. The van der Waals surface area contributed by atoms with Crippen molar-refractivity contribution >= 4 is 37.7 Å². The average Bonchev–Trinajstić information content (AvgIpc) is 3.27. The highest BCUT2D eigenvalue weighted by molar-refractivity contribution is 7.22. The standard InChI is InChI=1S/C23H26N4OS/c1-14-9-19-20(10-15(14)2)27(13-24-19)12-16-7-8-18-22(11-16)29-23(26-18)25-17-5-3-4-6-21(17)28/h7-11,13,17,21,28H,3-6,12H2,1-2H3,(H,25,26). The molecule has 4 aromatic rings. The highest BCUT2D eigenvalue weighted by atomic mass is 32.1. The number of aryl methyl sites for hydroxylation is 2. The largest absolute Gasteiger partial charge is 0.391 e. The minimum Gasteiger partial charge on any atom is -0.391 e. The van der Waals surface area contributed by atoms with Gasteiger partial charge >= 0.3 is 0 Å². The molecule has 150 valence electrons. The molecule has 0 spiro atoms. The molecule has 0 amide bonds. The van der Waals surface area contributed by atoms with Gasteiger partial charge in [-0.1, -0.05) is 30.2 Å². The summed E-state index contributed by atoms with van der Waals surface area (Å²) in [6, 6.07) is 11.0. The molecule has 5 nitrogen and oxygen atoms in total. The van der Waals surface area contributed by atoms with Crippen molar-refractivity contribution in [1.29, 1.82) is 0 Å². The topological polar surface area (TPSA) is 63.0 Å². The van der Waals surface area contributed by atoms with E-state index in [2.05, 4.69) is 59.0 Å². The third-order valence-corrected chi connectivity index (χ3v) is 7.03. The van der Waals surface area contributed by atoms with Crippen molar-refractivity contribution < 1.29 is 5.11 Å². The van der Waals surface area contributed by atoms with Crippen LogP contribution >= 0.6 is 11.3 Å². The Morgan fingerprint density at radius 2 is 1.93 bits per heavy atom. The molecule has 6 heteroatoms. The van der Waals surface area contributed by atoms with Crippen molar-refractivity contribution in [2.75, 3.05) is 5.32 Å². The molecular weight excluding hydrogens is 380 g/mol. The van der Waals surface area contributed by atoms with E-state index in [1.807, 2.05) is 6.33 Å². The normalized spacial score (nSPS) is 19.8. The van der Waals surface area contributed by atoms with Gasteiger partial charge in [-0.25, -0.2) is 9.97 Å². The van der Waals surface area contributed by atoms with Gasteiger partial charge < -0.3 is 15.0 Å². The van der Waals surface area contributed by atoms with Gasteiger partial charge in [-0.05, 0) is 67.6 Å². The second kappa shape index (κ2) is 7.43. The molecule has 0 bridgehead atoms.